The zero-order valence-corrected chi connectivity index (χ0v) is 15.6. The highest BCUT2D eigenvalue weighted by molar-refractivity contribution is 5.78. The fourth-order valence-corrected chi connectivity index (χ4v) is 3.65. The topological polar surface area (TPSA) is 55.3 Å². The summed E-state index contributed by atoms with van der Waals surface area (Å²) in [5, 5.41) is 0. The third kappa shape index (κ3) is 4.36. The fourth-order valence-electron chi connectivity index (χ4n) is 3.65. The van der Waals surface area contributed by atoms with Crippen LogP contribution in [0.15, 0.2) is 79.1 Å². The molecule has 2 aromatic carbocycles. The molecule has 0 saturated carbocycles. The Labute approximate surface area is 165 Å². The van der Waals surface area contributed by atoms with Crippen LogP contribution in [-0.2, 0) is 4.79 Å². The predicted octanol–water partition coefficient (Wildman–Crippen LogP) is 3.68. The summed E-state index contributed by atoms with van der Waals surface area (Å²) in [6.07, 6.45) is 4.50. The molecule has 0 radical (unpaired) electrons. The van der Waals surface area contributed by atoms with E-state index in [4.69, 9.17) is 4.74 Å². The molecule has 1 aromatic heterocycles. The average molecular weight is 373 g/mol. The van der Waals surface area contributed by atoms with Crippen molar-refractivity contribution < 1.29 is 9.53 Å². The van der Waals surface area contributed by atoms with Gasteiger partial charge in [0.1, 0.15) is 6.10 Å². The molecule has 1 aliphatic rings. The van der Waals surface area contributed by atoms with Crippen LogP contribution in [0.2, 0.25) is 0 Å². The summed E-state index contributed by atoms with van der Waals surface area (Å²) in [5.41, 5.74) is 2.32. The van der Waals surface area contributed by atoms with Crippen molar-refractivity contribution >= 4 is 5.91 Å². The Balaban J connectivity index is 1.43. The lowest BCUT2D eigenvalue weighted by Crippen LogP contribution is -2.32. The number of carbonyl (C=O) groups excluding carboxylic acids is 1. The summed E-state index contributed by atoms with van der Waals surface area (Å²) in [4.78, 5) is 23.1. The van der Waals surface area contributed by atoms with Gasteiger partial charge in [0.2, 0.25) is 5.91 Å². The van der Waals surface area contributed by atoms with Crippen LogP contribution in [-0.4, -0.2) is 40.0 Å². The summed E-state index contributed by atoms with van der Waals surface area (Å²) in [6, 6.07) is 22.6. The molecule has 5 nitrogen and oxygen atoms in total. The standard InChI is InChI=1S/C23H23N3O2/c27-22(26-15-12-20(17-26)28-23-24-13-7-14-25-23)16-21(18-8-3-1-4-9-18)19-10-5-2-6-11-19/h1-11,13-14,20-21H,12,15-17H2/t20-/m0/s1. The molecule has 0 spiro atoms. The van der Waals surface area contributed by atoms with Crippen molar-refractivity contribution in [3.8, 4) is 6.01 Å². The molecular weight excluding hydrogens is 350 g/mol. The number of aromatic nitrogens is 2. The largest absolute Gasteiger partial charge is 0.458 e. The number of amides is 1. The molecule has 1 atom stereocenters. The molecule has 1 saturated heterocycles. The van der Waals surface area contributed by atoms with E-state index in [9.17, 15) is 4.79 Å². The minimum Gasteiger partial charge on any atom is -0.458 e. The molecule has 2 heterocycles. The monoisotopic (exact) mass is 373 g/mol. The highest BCUT2D eigenvalue weighted by atomic mass is 16.5. The normalized spacial score (nSPS) is 16.3. The lowest BCUT2D eigenvalue weighted by Gasteiger charge is -2.22. The van der Waals surface area contributed by atoms with Gasteiger partial charge in [0.05, 0.1) is 6.54 Å². The molecule has 4 rings (SSSR count). The Morgan fingerprint density at radius 2 is 1.57 bits per heavy atom. The van der Waals surface area contributed by atoms with E-state index < -0.39 is 0 Å². The Morgan fingerprint density at radius 1 is 0.964 bits per heavy atom. The van der Waals surface area contributed by atoms with Crippen LogP contribution in [0.25, 0.3) is 0 Å². The zero-order valence-electron chi connectivity index (χ0n) is 15.6. The van der Waals surface area contributed by atoms with E-state index in [1.807, 2.05) is 41.3 Å². The summed E-state index contributed by atoms with van der Waals surface area (Å²) in [6.45, 7) is 1.28. The number of nitrogens with zero attached hydrogens (tertiary/aromatic N) is 3. The Kier molecular flexibility index (Phi) is 5.61. The minimum absolute atomic E-state index is 0.0484. The second-order valence-corrected chi connectivity index (χ2v) is 6.98. The van der Waals surface area contributed by atoms with E-state index in [0.717, 1.165) is 17.5 Å². The first kappa shape index (κ1) is 18.2. The smallest absolute Gasteiger partial charge is 0.316 e. The molecule has 5 heteroatoms. The van der Waals surface area contributed by atoms with Gasteiger partial charge in [-0.25, -0.2) is 9.97 Å². The van der Waals surface area contributed by atoms with Crippen molar-refractivity contribution in [3.05, 3.63) is 90.3 Å². The Morgan fingerprint density at radius 3 is 2.18 bits per heavy atom. The van der Waals surface area contributed by atoms with Gasteiger partial charge in [0.25, 0.3) is 0 Å². The molecule has 0 aliphatic carbocycles. The maximum atomic E-state index is 13.0. The third-order valence-corrected chi connectivity index (χ3v) is 5.09. The van der Waals surface area contributed by atoms with Gasteiger partial charge in [-0.3, -0.25) is 4.79 Å². The van der Waals surface area contributed by atoms with Gasteiger partial charge in [0, 0.05) is 37.7 Å². The highest BCUT2D eigenvalue weighted by Gasteiger charge is 2.30. The lowest BCUT2D eigenvalue weighted by molar-refractivity contribution is -0.130. The maximum absolute atomic E-state index is 13.0. The molecule has 3 aromatic rings. The van der Waals surface area contributed by atoms with Gasteiger partial charge in [-0.05, 0) is 17.2 Å². The van der Waals surface area contributed by atoms with Crippen LogP contribution in [0.5, 0.6) is 6.01 Å². The summed E-state index contributed by atoms with van der Waals surface area (Å²) in [5.74, 6) is 0.199. The van der Waals surface area contributed by atoms with E-state index in [1.54, 1.807) is 18.5 Å². The van der Waals surface area contributed by atoms with Gasteiger partial charge in [0.15, 0.2) is 0 Å². The van der Waals surface area contributed by atoms with Gasteiger partial charge < -0.3 is 9.64 Å². The van der Waals surface area contributed by atoms with Crippen LogP contribution >= 0.6 is 0 Å². The van der Waals surface area contributed by atoms with Crippen LogP contribution < -0.4 is 4.74 Å². The quantitative estimate of drug-likeness (QED) is 0.661. The number of hydrogen-bond donors (Lipinski definition) is 0. The van der Waals surface area contributed by atoms with Crippen LogP contribution in [0.1, 0.15) is 29.9 Å². The molecule has 142 valence electrons. The van der Waals surface area contributed by atoms with Crippen molar-refractivity contribution in [2.24, 2.45) is 0 Å². The maximum Gasteiger partial charge on any atom is 0.316 e. The summed E-state index contributed by atoms with van der Waals surface area (Å²) in [7, 11) is 0. The molecule has 28 heavy (non-hydrogen) atoms. The molecule has 1 amide bonds. The molecule has 0 N–H and O–H groups in total. The SMILES string of the molecule is O=C(CC(c1ccccc1)c1ccccc1)N1CC[C@H](Oc2ncccn2)C1. The van der Waals surface area contributed by atoms with Gasteiger partial charge in [-0.2, -0.15) is 0 Å². The van der Waals surface area contributed by atoms with Crippen molar-refractivity contribution in [2.45, 2.75) is 24.9 Å². The van der Waals surface area contributed by atoms with Crippen molar-refractivity contribution in [3.63, 3.8) is 0 Å². The number of hydrogen-bond acceptors (Lipinski definition) is 4. The lowest BCUT2D eigenvalue weighted by atomic mass is 9.88. The third-order valence-electron chi connectivity index (χ3n) is 5.09. The molecular formula is C23H23N3O2. The van der Waals surface area contributed by atoms with E-state index in [-0.39, 0.29) is 17.9 Å². The first-order valence-electron chi connectivity index (χ1n) is 9.61. The first-order chi connectivity index (χ1) is 13.8. The summed E-state index contributed by atoms with van der Waals surface area (Å²) >= 11 is 0. The van der Waals surface area contributed by atoms with Gasteiger partial charge in [-0.15, -0.1) is 0 Å². The van der Waals surface area contributed by atoms with E-state index >= 15 is 0 Å². The second-order valence-electron chi connectivity index (χ2n) is 6.98. The predicted molar refractivity (Wildman–Crippen MR) is 107 cm³/mol. The number of carbonyl (C=O) groups is 1. The van der Waals surface area contributed by atoms with Gasteiger partial charge in [-0.1, -0.05) is 60.7 Å². The number of likely N-dealkylation sites (tertiary alicyclic amines) is 1. The Hall–Kier alpha value is -3.21. The molecule has 0 unspecified atom stereocenters. The van der Waals surface area contributed by atoms with E-state index in [1.165, 1.54) is 0 Å². The molecule has 1 fully saturated rings. The first-order valence-corrected chi connectivity index (χ1v) is 9.61. The van der Waals surface area contributed by atoms with Gasteiger partial charge >= 0.3 is 6.01 Å². The van der Waals surface area contributed by atoms with Crippen LogP contribution in [0, 0.1) is 0 Å². The minimum atomic E-state index is -0.0572. The number of ether oxygens (including phenoxy) is 1. The average Bonchev–Trinajstić information content (AvgIpc) is 3.22. The van der Waals surface area contributed by atoms with Crippen molar-refractivity contribution in [1.82, 2.24) is 14.9 Å². The number of rotatable bonds is 6. The van der Waals surface area contributed by atoms with Crippen LogP contribution in [0.3, 0.4) is 0 Å². The molecule has 0 bridgehead atoms. The molecule has 1 aliphatic heterocycles. The van der Waals surface area contributed by atoms with Crippen molar-refractivity contribution in [2.75, 3.05) is 13.1 Å². The van der Waals surface area contributed by atoms with Crippen molar-refractivity contribution in [1.29, 1.82) is 0 Å². The van der Waals surface area contributed by atoms with Crippen LogP contribution in [0.4, 0.5) is 0 Å². The highest BCUT2D eigenvalue weighted by Crippen LogP contribution is 2.29. The zero-order chi connectivity index (χ0) is 19.2. The summed E-state index contributed by atoms with van der Waals surface area (Å²) < 4.78 is 5.81. The number of benzene rings is 2. The van der Waals surface area contributed by atoms with E-state index in [0.29, 0.717) is 25.5 Å². The fraction of sp³-hybridized carbons (Fsp3) is 0.261. The second kappa shape index (κ2) is 8.65. The van der Waals surface area contributed by atoms with E-state index in [2.05, 4.69) is 34.2 Å². The Bertz CT molecular complexity index is 848.